The summed E-state index contributed by atoms with van der Waals surface area (Å²) in [6, 6.07) is 11.7. The van der Waals surface area contributed by atoms with E-state index in [0.29, 0.717) is 30.2 Å². The first-order valence-electron chi connectivity index (χ1n) is 11.7. The van der Waals surface area contributed by atoms with Crippen LogP contribution in [0.4, 0.5) is 11.5 Å². The van der Waals surface area contributed by atoms with Gasteiger partial charge in [0.05, 0.1) is 16.7 Å². The fourth-order valence-corrected chi connectivity index (χ4v) is 4.59. The fourth-order valence-electron chi connectivity index (χ4n) is 4.59. The predicted octanol–water partition coefficient (Wildman–Crippen LogP) is 4.04. The van der Waals surface area contributed by atoms with Gasteiger partial charge in [0, 0.05) is 44.1 Å². The lowest BCUT2D eigenvalue weighted by Gasteiger charge is -2.23. The van der Waals surface area contributed by atoms with E-state index in [9.17, 15) is 9.59 Å². The van der Waals surface area contributed by atoms with Crippen molar-refractivity contribution in [3.8, 4) is 11.1 Å². The Hall–Kier alpha value is -4.20. The molecule has 3 N–H and O–H groups in total. The summed E-state index contributed by atoms with van der Waals surface area (Å²) in [5.74, 6) is 0.442. The molecule has 3 aromatic heterocycles. The molecule has 35 heavy (non-hydrogen) atoms. The van der Waals surface area contributed by atoms with Gasteiger partial charge in [0.1, 0.15) is 11.5 Å². The molecule has 0 saturated heterocycles. The largest absolute Gasteiger partial charge is 0.356 e. The van der Waals surface area contributed by atoms with Crippen LogP contribution in [0.1, 0.15) is 42.3 Å². The third kappa shape index (κ3) is 3.80. The van der Waals surface area contributed by atoms with Crippen molar-refractivity contribution >= 4 is 34.4 Å². The van der Waals surface area contributed by atoms with Crippen LogP contribution in [0.3, 0.4) is 0 Å². The molecular formula is C27H28N6O2. The van der Waals surface area contributed by atoms with E-state index in [-0.39, 0.29) is 11.8 Å². The van der Waals surface area contributed by atoms with Gasteiger partial charge in [-0.3, -0.25) is 9.59 Å². The Bertz CT molecular complexity index is 1450. The van der Waals surface area contributed by atoms with Gasteiger partial charge in [0.15, 0.2) is 0 Å². The molecule has 0 spiro atoms. The van der Waals surface area contributed by atoms with Crippen molar-refractivity contribution in [1.82, 2.24) is 25.2 Å². The average molecular weight is 469 g/mol. The van der Waals surface area contributed by atoms with Gasteiger partial charge in [-0.25, -0.2) is 9.97 Å². The van der Waals surface area contributed by atoms with Crippen molar-refractivity contribution in [3.05, 3.63) is 71.7 Å². The maximum absolute atomic E-state index is 12.8. The summed E-state index contributed by atoms with van der Waals surface area (Å²) in [7, 11) is 1.97. The number of amides is 2. The van der Waals surface area contributed by atoms with E-state index in [4.69, 9.17) is 0 Å². The first kappa shape index (κ1) is 22.6. The first-order valence-corrected chi connectivity index (χ1v) is 11.7. The van der Waals surface area contributed by atoms with Crippen molar-refractivity contribution < 1.29 is 9.59 Å². The van der Waals surface area contributed by atoms with Crippen LogP contribution in [0.15, 0.2) is 55.0 Å². The molecule has 8 nitrogen and oxygen atoms in total. The highest BCUT2D eigenvalue weighted by Crippen LogP contribution is 2.37. The molecule has 0 aliphatic carbocycles. The molecule has 0 unspecified atom stereocenters. The molecule has 8 heteroatoms. The second-order valence-electron chi connectivity index (χ2n) is 9.26. The summed E-state index contributed by atoms with van der Waals surface area (Å²) in [6.07, 6.45) is 5.49. The van der Waals surface area contributed by atoms with Gasteiger partial charge < -0.3 is 20.5 Å². The number of benzene rings is 1. The lowest BCUT2D eigenvalue weighted by atomic mass is 9.84. The Kier molecular flexibility index (Phi) is 5.51. The number of carbonyl (C=O) groups excluding carboxylic acids is 2. The van der Waals surface area contributed by atoms with Crippen LogP contribution in [-0.4, -0.2) is 32.9 Å². The SMILES string of the molecule is CCNC(=O)C(C)(C)c1ccc(Nc2ccc(-c3ccnc4c3ccn4C)c3c2C(=O)NC3)nc1. The molecule has 4 heterocycles. The Morgan fingerprint density at radius 2 is 1.94 bits per heavy atom. The molecule has 1 aliphatic rings. The Morgan fingerprint density at radius 3 is 2.69 bits per heavy atom. The zero-order chi connectivity index (χ0) is 24.7. The predicted molar refractivity (Wildman–Crippen MR) is 137 cm³/mol. The number of nitrogens with zero attached hydrogens (tertiary/aromatic N) is 3. The second kappa shape index (κ2) is 8.54. The number of likely N-dealkylation sites (N-methyl/N-ethyl adjacent to an activating group) is 1. The van der Waals surface area contributed by atoms with Gasteiger partial charge >= 0.3 is 0 Å². The summed E-state index contributed by atoms with van der Waals surface area (Å²) in [5, 5.41) is 10.2. The second-order valence-corrected chi connectivity index (χ2v) is 9.26. The van der Waals surface area contributed by atoms with E-state index in [1.54, 1.807) is 12.4 Å². The molecule has 178 valence electrons. The van der Waals surface area contributed by atoms with E-state index in [1.165, 1.54) is 0 Å². The number of aromatic nitrogens is 3. The molecule has 4 aromatic rings. The topological polar surface area (TPSA) is 101 Å². The molecule has 0 saturated carbocycles. The highest BCUT2D eigenvalue weighted by molar-refractivity contribution is 6.07. The van der Waals surface area contributed by atoms with Crippen molar-refractivity contribution in [1.29, 1.82) is 0 Å². The van der Waals surface area contributed by atoms with Gasteiger partial charge in [-0.05, 0) is 67.3 Å². The van der Waals surface area contributed by atoms with Gasteiger partial charge in [0.25, 0.3) is 5.91 Å². The van der Waals surface area contributed by atoms with Crippen LogP contribution in [0.2, 0.25) is 0 Å². The lowest BCUT2D eigenvalue weighted by molar-refractivity contribution is -0.125. The summed E-state index contributed by atoms with van der Waals surface area (Å²) >= 11 is 0. The number of fused-ring (bicyclic) bond motifs is 2. The molecule has 0 fully saturated rings. The van der Waals surface area contributed by atoms with Crippen LogP contribution in [0.5, 0.6) is 0 Å². The normalized spacial score (nSPS) is 13.0. The number of carbonyl (C=O) groups is 2. The third-order valence-electron chi connectivity index (χ3n) is 6.68. The minimum absolute atomic E-state index is 0.0452. The lowest BCUT2D eigenvalue weighted by Crippen LogP contribution is -2.39. The van der Waals surface area contributed by atoms with E-state index in [0.717, 1.165) is 33.3 Å². The average Bonchev–Trinajstić information content (AvgIpc) is 3.43. The molecule has 5 rings (SSSR count). The Morgan fingerprint density at radius 1 is 1.11 bits per heavy atom. The van der Waals surface area contributed by atoms with Crippen molar-refractivity contribution in [3.63, 3.8) is 0 Å². The molecule has 2 amide bonds. The molecule has 0 bridgehead atoms. The number of nitrogens with one attached hydrogen (secondary N) is 3. The van der Waals surface area contributed by atoms with Crippen LogP contribution in [-0.2, 0) is 23.8 Å². The molecule has 1 aliphatic heterocycles. The first-order chi connectivity index (χ1) is 16.8. The highest BCUT2D eigenvalue weighted by Gasteiger charge is 2.30. The molecular weight excluding hydrogens is 440 g/mol. The van der Waals surface area contributed by atoms with Crippen molar-refractivity contribution in [2.24, 2.45) is 7.05 Å². The zero-order valence-corrected chi connectivity index (χ0v) is 20.3. The maximum Gasteiger partial charge on any atom is 0.254 e. The van der Waals surface area contributed by atoms with Gasteiger partial charge in [-0.15, -0.1) is 0 Å². The molecule has 0 atom stereocenters. The smallest absolute Gasteiger partial charge is 0.254 e. The van der Waals surface area contributed by atoms with E-state index in [1.807, 2.05) is 75.0 Å². The Labute approximate surface area is 203 Å². The summed E-state index contributed by atoms with van der Waals surface area (Å²) in [5.41, 5.74) is 5.34. The fraction of sp³-hybridized carbons (Fsp3) is 0.259. The maximum atomic E-state index is 12.8. The van der Waals surface area contributed by atoms with Crippen molar-refractivity contribution in [2.75, 3.05) is 11.9 Å². The summed E-state index contributed by atoms with van der Waals surface area (Å²) in [4.78, 5) is 34.3. The van der Waals surface area contributed by atoms with E-state index in [2.05, 4.69) is 25.9 Å². The van der Waals surface area contributed by atoms with E-state index < -0.39 is 5.41 Å². The standard InChI is InChI=1S/C27H28N6O2/c1-5-28-26(35)27(2,3)16-6-9-22(30-14-16)32-21-8-7-17(20-15-31-25(34)23(20)21)18-10-12-29-24-19(18)11-13-33(24)4/h6-14H,5,15H2,1-4H3,(H,28,35)(H,30,32)(H,31,34). The minimum atomic E-state index is -0.697. The molecule has 0 radical (unpaired) electrons. The van der Waals surface area contributed by atoms with Crippen LogP contribution >= 0.6 is 0 Å². The number of hydrogen-bond donors (Lipinski definition) is 3. The number of pyridine rings is 2. The van der Waals surface area contributed by atoms with Gasteiger partial charge in [0.2, 0.25) is 5.91 Å². The minimum Gasteiger partial charge on any atom is -0.356 e. The van der Waals surface area contributed by atoms with Crippen LogP contribution < -0.4 is 16.0 Å². The van der Waals surface area contributed by atoms with Gasteiger partial charge in [-0.2, -0.15) is 0 Å². The zero-order valence-electron chi connectivity index (χ0n) is 20.3. The Balaban J connectivity index is 1.49. The monoisotopic (exact) mass is 468 g/mol. The summed E-state index contributed by atoms with van der Waals surface area (Å²) in [6.45, 7) is 6.69. The van der Waals surface area contributed by atoms with Crippen LogP contribution in [0.25, 0.3) is 22.2 Å². The highest BCUT2D eigenvalue weighted by atomic mass is 16.2. The van der Waals surface area contributed by atoms with Gasteiger partial charge in [-0.1, -0.05) is 12.1 Å². The quantitative estimate of drug-likeness (QED) is 0.397. The number of rotatable bonds is 6. The van der Waals surface area contributed by atoms with Crippen molar-refractivity contribution in [2.45, 2.75) is 32.7 Å². The van der Waals surface area contributed by atoms with Crippen LogP contribution in [0, 0.1) is 0 Å². The van der Waals surface area contributed by atoms with E-state index >= 15 is 0 Å². The molecule has 1 aromatic carbocycles. The number of anilines is 2. The number of hydrogen-bond acceptors (Lipinski definition) is 5. The third-order valence-corrected chi connectivity index (χ3v) is 6.68. The summed E-state index contributed by atoms with van der Waals surface area (Å²) < 4.78 is 1.99. The number of aryl methyl sites for hydroxylation is 1.